The molecule has 2 saturated heterocycles. The van der Waals surface area contributed by atoms with Gasteiger partial charge in [0.2, 0.25) is 5.91 Å². The quantitative estimate of drug-likeness (QED) is 0.869. The molecule has 0 bridgehead atoms. The van der Waals surface area contributed by atoms with Gasteiger partial charge in [0.1, 0.15) is 5.75 Å². The van der Waals surface area contributed by atoms with Crippen LogP contribution in [0.4, 0.5) is 0 Å². The van der Waals surface area contributed by atoms with Crippen LogP contribution in [0.5, 0.6) is 5.75 Å². The standard InChI is InChI=1S/C16H23N3O2/c1-21-15-4-2-3-13(9-15)10-16(20)19-11-14(12-19)18-7-5-17-6-8-18/h2-4,9,14,17H,5-8,10-12H2,1H3. The first-order valence-corrected chi connectivity index (χ1v) is 7.62. The molecular weight excluding hydrogens is 266 g/mol. The van der Waals surface area contributed by atoms with Crippen molar-refractivity contribution in [1.82, 2.24) is 15.1 Å². The summed E-state index contributed by atoms with van der Waals surface area (Å²) < 4.78 is 5.20. The zero-order valence-electron chi connectivity index (χ0n) is 12.5. The Bertz CT molecular complexity index is 494. The Hall–Kier alpha value is -1.59. The molecule has 1 aromatic carbocycles. The molecule has 0 saturated carbocycles. The predicted molar refractivity (Wildman–Crippen MR) is 81.5 cm³/mol. The van der Waals surface area contributed by atoms with Crippen molar-refractivity contribution in [2.75, 3.05) is 46.4 Å². The Morgan fingerprint density at radius 3 is 2.81 bits per heavy atom. The molecular formula is C16H23N3O2. The zero-order valence-corrected chi connectivity index (χ0v) is 12.5. The first-order valence-electron chi connectivity index (χ1n) is 7.62. The molecule has 1 N–H and O–H groups in total. The molecule has 21 heavy (non-hydrogen) atoms. The lowest BCUT2D eigenvalue weighted by Crippen LogP contribution is -2.64. The van der Waals surface area contributed by atoms with Crippen LogP contribution in [0.25, 0.3) is 0 Å². The number of hydrogen-bond donors (Lipinski definition) is 1. The van der Waals surface area contributed by atoms with Crippen LogP contribution in [0.2, 0.25) is 0 Å². The summed E-state index contributed by atoms with van der Waals surface area (Å²) in [4.78, 5) is 16.7. The van der Waals surface area contributed by atoms with Crippen molar-refractivity contribution in [2.45, 2.75) is 12.5 Å². The molecule has 2 fully saturated rings. The van der Waals surface area contributed by atoms with E-state index in [1.165, 1.54) is 0 Å². The van der Waals surface area contributed by atoms with E-state index in [0.717, 1.165) is 50.6 Å². The van der Waals surface area contributed by atoms with Crippen molar-refractivity contribution in [3.63, 3.8) is 0 Å². The third-order valence-electron chi connectivity index (χ3n) is 4.37. The van der Waals surface area contributed by atoms with Crippen LogP contribution in [0, 0.1) is 0 Å². The zero-order chi connectivity index (χ0) is 14.7. The van der Waals surface area contributed by atoms with E-state index in [-0.39, 0.29) is 5.91 Å². The molecule has 2 aliphatic heterocycles. The van der Waals surface area contributed by atoms with Crippen LogP contribution in [0.1, 0.15) is 5.56 Å². The summed E-state index contributed by atoms with van der Waals surface area (Å²) in [5, 5.41) is 3.36. The second kappa shape index (κ2) is 6.45. The normalized spacial score (nSPS) is 20.1. The minimum absolute atomic E-state index is 0.217. The second-order valence-corrected chi connectivity index (χ2v) is 5.77. The molecule has 1 aromatic rings. The highest BCUT2D eigenvalue weighted by atomic mass is 16.5. The van der Waals surface area contributed by atoms with Crippen molar-refractivity contribution >= 4 is 5.91 Å². The summed E-state index contributed by atoms with van der Waals surface area (Å²) in [7, 11) is 1.65. The lowest BCUT2D eigenvalue weighted by Gasteiger charge is -2.46. The number of benzene rings is 1. The van der Waals surface area contributed by atoms with Crippen molar-refractivity contribution in [3.8, 4) is 5.75 Å². The molecule has 3 rings (SSSR count). The van der Waals surface area contributed by atoms with Crippen molar-refractivity contribution in [1.29, 1.82) is 0 Å². The van der Waals surface area contributed by atoms with Gasteiger partial charge in [-0.2, -0.15) is 0 Å². The van der Waals surface area contributed by atoms with Gasteiger partial charge in [0.25, 0.3) is 0 Å². The van der Waals surface area contributed by atoms with Crippen LogP contribution in [0.15, 0.2) is 24.3 Å². The number of carbonyl (C=O) groups excluding carboxylic acids is 1. The molecule has 1 amide bonds. The van der Waals surface area contributed by atoms with Gasteiger partial charge in [0, 0.05) is 45.3 Å². The average Bonchev–Trinajstić information content (AvgIpc) is 2.47. The van der Waals surface area contributed by atoms with Gasteiger partial charge in [-0.15, -0.1) is 0 Å². The Kier molecular flexibility index (Phi) is 4.41. The first kappa shape index (κ1) is 14.4. The summed E-state index contributed by atoms with van der Waals surface area (Å²) in [6.45, 7) is 6.08. The van der Waals surface area contributed by atoms with Crippen molar-refractivity contribution in [2.24, 2.45) is 0 Å². The maximum Gasteiger partial charge on any atom is 0.227 e. The van der Waals surface area contributed by atoms with E-state index >= 15 is 0 Å². The highest BCUT2D eigenvalue weighted by Gasteiger charge is 2.34. The molecule has 2 heterocycles. The van der Waals surface area contributed by atoms with Gasteiger partial charge in [0.15, 0.2) is 0 Å². The smallest absolute Gasteiger partial charge is 0.227 e. The fourth-order valence-corrected chi connectivity index (χ4v) is 3.01. The summed E-state index contributed by atoms with van der Waals surface area (Å²) in [6, 6.07) is 8.31. The van der Waals surface area contributed by atoms with E-state index < -0.39 is 0 Å². The van der Waals surface area contributed by atoms with Crippen LogP contribution >= 0.6 is 0 Å². The van der Waals surface area contributed by atoms with Gasteiger partial charge in [0.05, 0.1) is 13.5 Å². The third-order valence-corrected chi connectivity index (χ3v) is 4.37. The number of nitrogens with one attached hydrogen (secondary N) is 1. The SMILES string of the molecule is COc1cccc(CC(=O)N2CC(N3CCNCC3)C2)c1. The Balaban J connectivity index is 1.48. The number of likely N-dealkylation sites (tertiary alicyclic amines) is 1. The number of rotatable bonds is 4. The number of ether oxygens (including phenoxy) is 1. The highest BCUT2D eigenvalue weighted by Crippen LogP contribution is 2.18. The van der Waals surface area contributed by atoms with Crippen LogP contribution in [0.3, 0.4) is 0 Å². The summed E-state index contributed by atoms with van der Waals surface area (Å²) in [5.41, 5.74) is 1.02. The predicted octanol–water partition coefficient (Wildman–Crippen LogP) is 0.354. The largest absolute Gasteiger partial charge is 0.497 e. The molecule has 0 aliphatic carbocycles. The number of carbonyl (C=O) groups is 1. The Morgan fingerprint density at radius 1 is 1.33 bits per heavy atom. The molecule has 0 radical (unpaired) electrons. The third kappa shape index (κ3) is 3.36. The molecule has 0 aromatic heterocycles. The van der Waals surface area contributed by atoms with E-state index in [4.69, 9.17) is 4.74 Å². The molecule has 0 spiro atoms. The Labute approximate surface area is 125 Å². The highest BCUT2D eigenvalue weighted by molar-refractivity contribution is 5.79. The number of piperazine rings is 1. The number of hydrogen-bond acceptors (Lipinski definition) is 4. The topological polar surface area (TPSA) is 44.8 Å². The monoisotopic (exact) mass is 289 g/mol. The Morgan fingerprint density at radius 2 is 2.10 bits per heavy atom. The number of amides is 1. The van der Waals surface area contributed by atoms with Crippen LogP contribution in [-0.2, 0) is 11.2 Å². The van der Waals surface area contributed by atoms with Crippen molar-refractivity contribution < 1.29 is 9.53 Å². The molecule has 5 heteroatoms. The number of nitrogens with zero attached hydrogens (tertiary/aromatic N) is 2. The van der Waals surface area contributed by atoms with Gasteiger partial charge in [-0.05, 0) is 17.7 Å². The lowest BCUT2D eigenvalue weighted by molar-refractivity contribution is -0.138. The van der Waals surface area contributed by atoms with E-state index in [1.807, 2.05) is 29.2 Å². The van der Waals surface area contributed by atoms with Gasteiger partial charge in [-0.3, -0.25) is 9.69 Å². The van der Waals surface area contributed by atoms with Crippen LogP contribution < -0.4 is 10.1 Å². The first-order chi connectivity index (χ1) is 10.3. The number of methoxy groups -OCH3 is 1. The van der Waals surface area contributed by atoms with Gasteiger partial charge < -0.3 is 15.0 Å². The second-order valence-electron chi connectivity index (χ2n) is 5.77. The molecule has 2 aliphatic rings. The van der Waals surface area contributed by atoms with E-state index in [2.05, 4.69) is 10.2 Å². The van der Waals surface area contributed by atoms with E-state index in [9.17, 15) is 4.79 Å². The minimum atomic E-state index is 0.217. The molecule has 114 valence electrons. The summed E-state index contributed by atoms with van der Waals surface area (Å²) >= 11 is 0. The fourth-order valence-electron chi connectivity index (χ4n) is 3.01. The maximum absolute atomic E-state index is 12.3. The molecule has 0 unspecified atom stereocenters. The molecule has 0 atom stereocenters. The van der Waals surface area contributed by atoms with Gasteiger partial charge in [-0.1, -0.05) is 12.1 Å². The van der Waals surface area contributed by atoms with E-state index in [0.29, 0.717) is 12.5 Å². The van der Waals surface area contributed by atoms with Crippen molar-refractivity contribution in [3.05, 3.63) is 29.8 Å². The molecule has 5 nitrogen and oxygen atoms in total. The fraction of sp³-hybridized carbons (Fsp3) is 0.562. The minimum Gasteiger partial charge on any atom is -0.497 e. The van der Waals surface area contributed by atoms with Crippen LogP contribution in [-0.4, -0.2) is 68.1 Å². The van der Waals surface area contributed by atoms with E-state index in [1.54, 1.807) is 7.11 Å². The maximum atomic E-state index is 12.3. The average molecular weight is 289 g/mol. The summed E-state index contributed by atoms with van der Waals surface area (Å²) in [6.07, 6.45) is 0.464. The van der Waals surface area contributed by atoms with Gasteiger partial charge >= 0.3 is 0 Å². The summed E-state index contributed by atoms with van der Waals surface area (Å²) in [5.74, 6) is 1.03. The lowest BCUT2D eigenvalue weighted by atomic mass is 10.0. The van der Waals surface area contributed by atoms with Gasteiger partial charge in [-0.25, -0.2) is 0 Å².